The first-order valence-electron chi connectivity index (χ1n) is 10.7. The van der Waals surface area contributed by atoms with Crippen LogP contribution in [-0.4, -0.2) is 48.4 Å². The van der Waals surface area contributed by atoms with Gasteiger partial charge in [-0.15, -0.1) is 0 Å². The van der Waals surface area contributed by atoms with Gasteiger partial charge in [0.15, 0.2) is 0 Å². The predicted octanol–water partition coefficient (Wildman–Crippen LogP) is 3.16. The number of amides is 2. The lowest BCUT2D eigenvalue weighted by Crippen LogP contribution is -2.45. The molecule has 2 aliphatic rings. The first-order chi connectivity index (χ1) is 14.6. The maximum Gasteiger partial charge on any atom is 0.256 e. The van der Waals surface area contributed by atoms with Gasteiger partial charge in [-0.25, -0.2) is 4.98 Å². The molecule has 3 heterocycles. The average Bonchev–Trinajstić information content (AvgIpc) is 2.73. The summed E-state index contributed by atoms with van der Waals surface area (Å²) < 4.78 is 0. The molecule has 1 fully saturated rings. The molecule has 4 rings (SSSR count). The molecular weight excluding hydrogens is 378 g/mol. The van der Waals surface area contributed by atoms with Crippen LogP contribution in [0.3, 0.4) is 0 Å². The molecule has 0 unspecified atom stereocenters. The van der Waals surface area contributed by atoms with Crippen LogP contribution in [0.2, 0.25) is 0 Å². The number of likely N-dealkylation sites (tertiary alicyclic amines) is 1. The quantitative estimate of drug-likeness (QED) is 0.814. The lowest BCUT2D eigenvalue weighted by molar-refractivity contribution is -0.117. The molecule has 1 saturated heterocycles. The smallest absolute Gasteiger partial charge is 0.256 e. The van der Waals surface area contributed by atoms with E-state index in [2.05, 4.69) is 20.5 Å². The van der Waals surface area contributed by atoms with Crippen LogP contribution in [-0.2, 0) is 4.79 Å². The van der Waals surface area contributed by atoms with Gasteiger partial charge in [-0.3, -0.25) is 14.5 Å². The maximum atomic E-state index is 12.5. The van der Waals surface area contributed by atoms with E-state index in [1.807, 2.05) is 36.2 Å². The van der Waals surface area contributed by atoms with Gasteiger partial charge in [0.25, 0.3) is 5.91 Å². The maximum absolute atomic E-state index is 12.5. The minimum absolute atomic E-state index is 0.0181. The van der Waals surface area contributed by atoms with E-state index in [0.717, 1.165) is 24.3 Å². The van der Waals surface area contributed by atoms with Gasteiger partial charge >= 0.3 is 0 Å². The second kappa shape index (κ2) is 9.26. The van der Waals surface area contributed by atoms with Gasteiger partial charge in [-0.1, -0.05) is 31.4 Å². The van der Waals surface area contributed by atoms with Crippen molar-refractivity contribution in [1.82, 2.24) is 15.2 Å². The van der Waals surface area contributed by atoms with Crippen molar-refractivity contribution in [1.29, 1.82) is 0 Å². The Hall–Kier alpha value is -2.93. The number of pyridine rings is 1. The van der Waals surface area contributed by atoms with Gasteiger partial charge in [-0.2, -0.15) is 0 Å². The SMILES string of the molecule is CN1c2ncccc2C(=O)N[C@@H]1c1ccc(NC(=O)CN2CCCCCCC2)cc1. The number of hydrogen-bond acceptors (Lipinski definition) is 5. The minimum Gasteiger partial charge on any atom is -0.335 e. The molecule has 0 spiro atoms. The number of fused-ring (bicyclic) bond motifs is 1. The molecule has 2 N–H and O–H groups in total. The molecule has 1 atom stereocenters. The van der Waals surface area contributed by atoms with Gasteiger partial charge in [-0.05, 0) is 55.8 Å². The Morgan fingerprint density at radius 1 is 1.10 bits per heavy atom. The van der Waals surface area contributed by atoms with E-state index in [1.165, 1.54) is 32.1 Å². The summed E-state index contributed by atoms with van der Waals surface area (Å²) >= 11 is 0. The molecule has 158 valence electrons. The Labute approximate surface area is 177 Å². The van der Waals surface area contributed by atoms with Gasteiger partial charge in [0, 0.05) is 18.9 Å². The topological polar surface area (TPSA) is 77.6 Å². The zero-order valence-corrected chi connectivity index (χ0v) is 17.4. The lowest BCUT2D eigenvalue weighted by atomic mass is 10.1. The van der Waals surface area contributed by atoms with Crippen LogP contribution in [0.15, 0.2) is 42.6 Å². The van der Waals surface area contributed by atoms with Crippen LogP contribution in [0.4, 0.5) is 11.5 Å². The zero-order chi connectivity index (χ0) is 20.9. The highest BCUT2D eigenvalue weighted by atomic mass is 16.2. The summed E-state index contributed by atoms with van der Waals surface area (Å²) in [6, 6.07) is 11.2. The van der Waals surface area contributed by atoms with Gasteiger partial charge < -0.3 is 15.5 Å². The highest BCUT2D eigenvalue weighted by Gasteiger charge is 2.30. The fourth-order valence-electron chi connectivity index (χ4n) is 4.21. The zero-order valence-electron chi connectivity index (χ0n) is 17.4. The normalized spacial score (nSPS) is 20.0. The molecule has 7 heteroatoms. The van der Waals surface area contributed by atoms with Crippen LogP contribution in [0.1, 0.15) is 54.2 Å². The summed E-state index contributed by atoms with van der Waals surface area (Å²) in [6.07, 6.45) is 7.55. The molecule has 2 aromatic rings. The predicted molar refractivity (Wildman–Crippen MR) is 117 cm³/mol. The van der Waals surface area contributed by atoms with Crippen LogP contribution >= 0.6 is 0 Å². The largest absolute Gasteiger partial charge is 0.335 e. The minimum atomic E-state index is -0.300. The van der Waals surface area contributed by atoms with E-state index < -0.39 is 0 Å². The molecule has 0 bridgehead atoms. The van der Waals surface area contributed by atoms with E-state index in [1.54, 1.807) is 18.3 Å². The fraction of sp³-hybridized carbons (Fsp3) is 0.435. The number of rotatable bonds is 4. The molecular formula is C23H29N5O2. The summed E-state index contributed by atoms with van der Waals surface area (Å²) in [7, 11) is 1.91. The first-order valence-corrected chi connectivity index (χ1v) is 10.7. The second-order valence-corrected chi connectivity index (χ2v) is 8.08. The molecule has 2 aliphatic heterocycles. The van der Waals surface area contributed by atoms with E-state index in [4.69, 9.17) is 0 Å². The number of aromatic nitrogens is 1. The number of benzene rings is 1. The van der Waals surface area contributed by atoms with Crippen molar-refractivity contribution in [2.45, 2.75) is 38.3 Å². The van der Waals surface area contributed by atoms with Crippen molar-refractivity contribution in [3.8, 4) is 0 Å². The Kier molecular flexibility index (Phi) is 6.28. The van der Waals surface area contributed by atoms with Crippen molar-refractivity contribution < 1.29 is 9.59 Å². The van der Waals surface area contributed by atoms with Crippen LogP contribution < -0.4 is 15.5 Å². The molecule has 1 aromatic carbocycles. The molecule has 7 nitrogen and oxygen atoms in total. The molecule has 30 heavy (non-hydrogen) atoms. The molecule has 0 saturated carbocycles. The van der Waals surface area contributed by atoms with Crippen molar-refractivity contribution >= 4 is 23.3 Å². The van der Waals surface area contributed by atoms with Crippen LogP contribution in [0.5, 0.6) is 0 Å². The van der Waals surface area contributed by atoms with Crippen molar-refractivity contribution in [3.05, 3.63) is 53.7 Å². The second-order valence-electron chi connectivity index (χ2n) is 8.08. The number of carbonyl (C=O) groups excluding carboxylic acids is 2. The number of carbonyl (C=O) groups is 2. The van der Waals surface area contributed by atoms with E-state index >= 15 is 0 Å². The Morgan fingerprint density at radius 3 is 2.53 bits per heavy atom. The fourth-order valence-corrected chi connectivity index (χ4v) is 4.21. The summed E-state index contributed by atoms with van der Waals surface area (Å²) in [5.41, 5.74) is 2.27. The summed E-state index contributed by atoms with van der Waals surface area (Å²) in [6.45, 7) is 2.43. The highest BCUT2D eigenvalue weighted by molar-refractivity contribution is 6.01. The Bertz CT molecular complexity index is 891. The molecule has 2 amide bonds. The van der Waals surface area contributed by atoms with Crippen LogP contribution in [0, 0.1) is 0 Å². The van der Waals surface area contributed by atoms with Crippen LogP contribution in [0.25, 0.3) is 0 Å². The molecule has 1 aromatic heterocycles. The van der Waals surface area contributed by atoms with Crippen molar-refractivity contribution in [2.75, 3.05) is 36.9 Å². The summed E-state index contributed by atoms with van der Waals surface area (Å²) in [4.78, 5) is 33.4. The van der Waals surface area contributed by atoms with Gasteiger partial charge in [0.05, 0.1) is 12.1 Å². The lowest BCUT2D eigenvalue weighted by Gasteiger charge is -2.35. The molecule has 0 aliphatic carbocycles. The third-order valence-electron chi connectivity index (χ3n) is 5.85. The average molecular weight is 408 g/mol. The standard InChI is InChI=1S/C23H29N5O2/c1-27-21(26-23(30)19-8-7-13-24-22(19)27)17-9-11-18(12-10-17)25-20(29)16-28-14-5-3-2-4-6-15-28/h7-13,21H,2-6,14-16H2,1H3,(H,25,29)(H,26,30)/t21-/m0/s1. The third-order valence-corrected chi connectivity index (χ3v) is 5.85. The number of anilines is 2. The number of nitrogens with zero attached hydrogens (tertiary/aromatic N) is 3. The number of hydrogen-bond donors (Lipinski definition) is 2. The Morgan fingerprint density at radius 2 is 1.80 bits per heavy atom. The highest BCUT2D eigenvalue weighted by Crippen LogP contribution is 2.30. The van der Waals surface area contributed by atoms with Crippen molar-refractivity contribution in [3.63, 3.8) is 0 Å². The number of nitrogens with one attached hydrogen (secondary N) is 2. The van der Waals surface area contributed by atoms with E-state index in [-0.39, 0.29) is 18.0 Å². The monoisotopic (exact) mass is 407 g/mol. The summed E-state index contributed by atoms with van der Waals surface area (Å²) in [5, 5.41) is 6.01. The van der Waals surface area contributed by atoms with E-state index in [0.29, 0.717) is 17.9 Å². The van der Waals surface area contributed by atoms with Crippen molar-refractivity contribution in [2.24, 2.45) is 0 Å². The van der Waals surface area contributed by atoms with E-state index in [9.17, 15) is 9.59 Å². The summed E-state index contributed by atoms with van der Waals surface area (Å²) in [5.74, 6) is 0.549. The van der Waals surface area contributed by atoms with Gasteiger partial charge in [0.2, 0.25) is 5.91 Å². The third kappa shape index (κ3) is 4.62. The Balaban J connectivity index is 1.38. The molecule has 0 radical (unpaired) electrons. The van der Waals surface area contributed by atoms with Gasteiger partial charge in [0.1, 0.15) is 12.0 Å². The first kappa shape index (κ1) is 20.3.